The lowest BCUT2D eigenvalue weighted by atomic mass is 10.2. The van der Waals surface area contributed by atoms with E-state index in [0.717, 1.165) is 6.07 Å². The second-order valence-electron chi connectivity index (χ2n) is 3.62. The smallest absolute Gasteiger partial charge is 0.338 e. The van der Waals surface area contributed by atoms with E-state index in [1.165, 1.54) is 6.07 Å². The molecule has 0 bridgehead atoms. The predicted molar refractivity (Wildman–Crippen MR) is 77.6 cm³/mol. The zero-order valence-electron chi connectivity index (χ0n) is 9.36. The van der Waals surface area contributed by atoms with Crippen LogP contribution in [0.3, 0.4) is 0 Å². The molecule has 0 amide bonds. The standard InChI is InChI=1S/C13H7ClFIO3/c14-7-1-3-8(4-2-7)19-12-6-10(15)9(13(17)18)5-11(12)16/h1-6H,(H,17,18). The Kier molecular flexibility index (Phi) is 4.26. The van der Waals surface area contributed by atoms with E-state index in [1.807, 2.05) is 22.6 Å². The van der Waals surface area contributed by atoms with Gasteiger partial charge in [-0.2, -0.15) is 0 Å². The first kappa shape index (κ1) is 14.1. The third-order valence-corrected chi connectivity index (χ3v) is 3.39. The van der Waals surface area contributed by atoms with Crippen LogP contribution in [0.4, 0.5) is 4.39 Å². The summed E-state index contributed by atoms with van der Waals surface area (Å²) in [5.41, 5.74) is -0.382. The molecule has 3 nitrogen and oxygen atoms in total. The second kappa shape index (κ2) is 5.75. The van der Waals surface area contributed by atoms with Crippen molar-refractivity contribution in [3.63, 3.8) is 0 Å². The van der Waals surface area contributed by atoms with Crippen LogP contribution in [-0.2, 0) is 0 Å². The summed E-state index contributed by atoms with van der Waals surface area (Å²) in [5, 5.41) is 9.37. The van der Waals surface area contributed by atoms with E-state index in [4.69, 9.17) is 21.4 Å². The topological polar surface area (TPSA) is 46.5 Å². The molecule has 0 unspecified atom stereocenters. The third kappa shape index (κ3) is 3.36. The fraction of sp³-hybridized carbons (Fsp3) is 0. The van der Waals surface area contributed by atoms with E-state index in [2.05, 4.69) is 0 Å². The molecule has 0 saturated carbocycles. The Balaban J connectivity index is 2.33. The van der Waals surface area contributed by atoms with Crippen molar-refractivity contribution in [2.75, 3.05) is 0 Å². The Morgan fingerprint density at radius 3 is 2.47 bits per heavy atom. The monoisotopic (exact) mass is 392 g/mol. The number of hydrogen-bond donors (Lipinski definition) is 1. The van der Waals surface area contributed by atoms with Crippen LogP contribution in [0.5, 0.6) is 11.5 Å². The van der Waals surface area contributed by atoms with Gasteiger partial charge >= 0.3 is 5.97 Å². The van der Waals surface area contributed by atoms with Crippen molar-refractivity contribution in [3.05, 3.63) is 56.4 Å². The molecule has 6 heteroatoms. The highest BCUT2D eigenvalue weighted by Crippen LogP contribution is 2.29. The molecule has 2 aromatic carbocycles. The van der Waals surface area contributed by atoms with Gasteiger partial charge in [0.1, 0.15) is 17.3 Å². The van der Waals surface area contributed by atoms with Crippen LogP contribution in [0.15, 0.2) is 36.4 Å². The maximum atomic E-state index is 13.6. The Bertz CT molecular complexity index is 629. The van der Waals surface area contributed by atoms with Crippen LogP contribution < -0.4 is 4.74 Å². The summed E-state index contributed by atoms with van der Waals surface area (Å²) in [7, 11) is 0. The largest absolute Gasteiger partial charge is 0.478 e. The minimum Gasteiger partial charge on any atom is -0.478 e. The highest BCUT2D eigenvalue weighted by molar-refractivity contribution is 14.1. The number of carbonyl (C=O) groups is 1. The lowest BCUT2D eigenvalue weighted by molar-refractivity contribution is 0.0692. The normalized spacial score (nSPS) is 10.3. The first-order valence-corrected chi connectivity index (χ1v) is 6.59. The number of aromatic carboxylic acids is 1. The Morgan fingerprint density at radius 1 is 1.26 bits per heavy atom. The molecule has 0 spiro atoms. The van der Waals surface area contributed by atoms with Gasteiger partial charge in [-0.1, -0.05) is 11.6 Å². The van der Waals surface area contributed by atoms with Gasteiger partial charge in [0.15, 0.2) is 0 Å². The average Bonchev–Trinajstić information content (AvgIpc) is 2.35. The van der Waals surface area contributed by atoms with Gasteiger partial charge in [-0.05, 0) is 52.9 Å². The van der Waals surface area contributed by atoms with Gasteiger partial charge in [0, 0.05) is 11.1 Å². The van der Waals surface area contributed by atoms with Gasteiger partial charge in [-0.3, -0.25) is 0 Å². The predicted octanol–water partition coefficient (Wildman–Crippen LogP) is 4.57. The highest BCUT2D eigenvalue weighted by Gasteiger charge is 2.15. The Morgan fingerprint density at radius 2 is 1.89 bits per heavy atom. The summed E-state index contributed by atoms with van der Waals surface area (Å²) in [6, 6.07) is 8.85. The SMILES string of the molecule is O=C(O)c1cc(I)c(Oc2ccc(Cl)cc2)cc1F. The first-order valence-electron chi connectivity index (χ1n) is 5.13. The molecule has 98 valence electrons. The van der Waals surface area contributed by atoms with Crippen LogP contribution in [0, 0.1) is 9.39 Å². The van der Waals surface area contributed by atoms with E-state index in [0.29, 0.717) is 14.3 Å². The Hall–Kier alpha value is -1.34. The minimum atomic E-state index is -1.31. The summed E-state index contributed by atoms with van der Waals surface area (Å²) in [6.07, 6.45) is 0. The second-order valence-corrected chi connectivity index (χ2v) is 5.22. The fourth-order valence-corrected chi connectivity index (χ4v) is 2.10. The van der Waals surface area contributed by atoms with E-state index in [-0.39, 0.29) is 11.3 Å². The van der Waals surface area contributed by atoms with Crippen LogP contribution in [0.2, 0.25) is 5.02 Å². The molecule has 0 aliphatic heterocycles. The molecular weight excluding hydrogens is 385 g/mol. The van der Waals surface area contributed by atoms with Crippen molar-refractivity contribution < 1.29 is 19.0 Å². The average molecular weight is 393 g/mol. The summed E-state index contributed by atoms with van der Waals surface area (Å²) >= 11 is 7.63. The lowest BCUT2D eigenvalue weighted by Gasteiger charge is -2.09. The maximum absolute atomic E-state index is 13.6. The molecule has 0 heterocycles. The molecule has 0 aliphatic carbocycles. The van der Waals surface area contributed by atoms with E-state index in [9.17, 15) is 9.18 Å². The number of carboxylic acid groups (broad SMARTS) is 1. The first-order chi connectivity index (χ1) is 8.97. The van der Waals surface area contributed by atoms with Gasteiger partial charge in [0.2, 0.25) is 0 Å². The molecule has 0 aromatic heterocycles. The molecule has 0 radical (unpaired) electrons. The number of rotatable bonds is 3. The van der Waals surface area contributed by atoms with E-state index >= 15 is 0 Å². The zero-order chi connectivity index (χ0) is 14.0. The summed E-state index contributed by atoms with van der Waals surface area (Å²) in [6.45, 7) is 0. The molecule has 0 saturated heterocycles. The molecule has 2 aromatic rings. The van der Waals surface area contributed by atoms with Crippen LogP contribution in [-0.4, -0.2) is 11.1 Å². The number of ether oxygens (including phenoxy) is 1. The van der Waals surface area contributed by atoms with E-state index < -0.39 is 11.8 Å². The third-order valence-electron chi connectivity index (χ3n) is 2.29. The number of carboxylic acids is 1. The molecule has 19 heavy (non-hydrogen) atoms. The van der Waals surface area contributed by atoms with Gasteiger partial charge in [0.25, 0.3) is 0 Å². The van der Waals surface area contributed by atoms with Crippen LogP contribution in [0.1, 0.15) is 10.4 Å². The van der Waals surface area contributed by atoms with Crippen molar-refractivity contribution in [1.29, 1.82) is 0 Å². The summed E-state index contributed by atoms with van der Waals surface area (Å²) in [4.78, 5) is 10.8. The summed E-state index contributed by atoms with van der Waals surface area (Å²) in [5.74, 6) is -1.40. The summed E-state index contributed by atoms with van der Waals surface area (Å²) < 4.78 is 19.5. The molecule has 0 atom stereocenters. The molecule has 2 rings (SSSR count). The molecule has 0 aliphatic rings. The van der Waals surface area contributed by atoms with Gasteiger partial charge < -0.3 is 9.84 Å². The lowest BCUT2D eigenvalue weighted by Crippen LogP contribution is -2.02. The van der Waals surface area contributed by atoms with Crippen LogP contribution >= 0.6 is 34.2 Å². The molecule has 1 N–H and O–H groups in total. The number of halogens is 3. The quantitative estimate of drug-likeness (QED) is 0.778. The van der Waals surface area contributed by atoms with Crippen molar-refractivity contribution in [1.82, 2.24) is 0 Å². The molecule has 0 fully saturated rings. The van der Waals surface area contributed by atoms with Crippen molar-refractivity contribution in [2.24, 2.45) is 0 Å². The van der Waals surface area contributed by atoms with Gasteiger partial charge in [-0.25, -0.2) is 9.18 Å². The van der Waals surface area contributed by atoms with Crippen molar-refractivity contribution in [3.8, 4) is 11.5 Å². The van der Waals surface area contributed by atoms with Crippen molar-refractivity contribution in [2.45, 2.75) is 0 Å². The number of benzene rings is 2. The minimum absolute atomic E-state index is 0.255. The fourth-order valence-electron chi connectivity index (χ4n) is 1.40. The highest BCUT2D eigenvalue weighted by atomic mass is 127. The zero-order valence-corrected chi connectivity index (χ0v) is 12.3. The Labute approximate surface area is 127 Å². The van der Waals surface area contributed by atoms with Crippen LogP contribution in [0.25, 0.3) is 0 Å². The maximum Gasteiger partial charge on any atom is 0.338 e. The van der Waals surface area contributed by atoms with Crippen molar-refractivity contribution >= 4 is 40.2 Å². The van der Waals surface area contributed by atoms with E-state index in [1.54, 1.807) is 24.3 Å². The molecular formula is C13H7ClFIO3. The van der Waals surface area contributed by atoms with Gasteiger partial charge in [0.05, 0.1) is 9.13 Å². The number of hydrogen-bond acceptors (Lipinski definition) is 2. The van der Waals surface area contributed by atoms with Gasteiger partial charge in [-0.15, -0.1) is 0 Å².